The van der Waals surface area contributed by atoms with Crippen molar-refractivity contribution < 1.29 is 0 Å². The fraction of sp³-hybridized carbons (Fsp3) is 1.00. The average Bonchev–Trinajstić information content (AvgIpc) is 2.05. The van der Waals surface area contributed by atoms with Gasteiger partial charge < -0.3 is 0 Å². The van der Waals surface area contributed by atoms with Crippen LogP contribution in [0.4, 0.5) is 0 Å². The molecule has 0 aromatic heterocycles. The first-order valence-corrected chi connectivity index (χ1v) is 9.60. The van der Waals surface area contributed by atoms with Crippen molar-refractivity contribution in [2.24, 2.45) is 5.92 Å². The van der Waals surface area contributed by atoms with Crippen molar-refractivity contribution in [1.29, 1.82) is 0 Å². The summed E-state index contributed by atoms with van der Waals surface area (Å²) in [6, 6.07) is 0. The molecule has 12 heavy (non-hydrogen) atoms. The third-order valence-electron chi connectivity index (χ3n) is 2.58. The number of alkyl halides is 3. The molecular formula is C11H23I. The molecule has 0 radical (unpaired) electrons. The van der Waals surface area contributed by atoms with E-state index in [1.54, 1.807) is 21.7 Å². The van der Waals surface area contributed by atoms with Gasteiger partial charge in [-0.15, -0.1) is 0 Å². The van der Waals surface area contributed by atoms with Gasteiger partial charge in [0, 0.05) is 0 Å². The summed E-state index contributed by atoms with van der Waals surface area (Å²) >= 11 is -0.447. The van der Waals surface area contributed by atoms with E-state index in [1.807, 2.05) is 0 Å². The van der Waals surface area contributed by atoms with Gasteiger partial charge in [-0.1, -0.05) is 0 Å². The third-order valence-corrected chi connectivity index (χ3v) is 10.4. The first kappa shape index (κ1) is 10.8. The van der Waals surface area contributed by atoms with Gasteiger partial charge in [0.05, 0.1) is 0 Å². The molecule has 1 heterocycles. The molecule has 74 valence electrons. The van der Waals surface area contributed by atoms with Gasteiger partial charge in [0.15, 0.2) is 0 Å². The van der Waals surface area contributed by atoms with E-state index in [1.165, 1.54) is 12.8 Å². The van der Waals surface area contributed by atoms with Gasteiger partial charge in [0.25, 0.3) is 0 Å². The SMILES string of the molecule is CC(C)CC(C)I1CCCCC1. The van der Waals surface area contributed by atoms with E-state index in [-0.39, 0.29) is 0 Å². The fourth-order valence-corrected chi connectivity index (χ4v) is 9.39. The summed E-state index contributed by atoms with van der Waals surface area (Å²) in [4.78, 5) is 0. The summed E-state index contributed by atoms with van der Waals surface area (Å²) in [6.07, 6.45) is 6.16. The van der Waals surface area contributed by atoms with Crippen LogP contribution in [0.25, 0.3) is 0 Å². The third kappa shape index (κ3) is 3.63. The number of rotatable bonds is 3. The van der Waals surface area contributed by atoms with E-state index in [9.17, 15) is 0 Å². The normalized spacial score (nSPS) is 24.5. The standard InChI is InChI=1S/C11H23I/c1-10(2)9-11(3)12-7-5-4-6-8-12/h10-11H,4-9H2,1-3H3. The molecule has 1 unspecified atom stereocenters. The average molecular weight is 282 g/mol. The fourth-order valence-electron chi connectivity index (χ4n) is 1.95. The summed E-state index contributed by atoms with van der Waals surface area (Å²) < 4.78 is 4.46. The molecule has 0 aromatic carbocycles. The molecule has 1 aliphatic rings. The molecule has 0 saturated carbocycles. The molecule has 1 atom stereocenters. The Kier molecular flexibility index (Phi) is 4.92. The molecule has 0 nitrogen and oxygen atoms in total. The quantitative estimate of drug-likeness (QED) is 0.540. The zero-order valence-electron chi connectivity index (χ0n) is 8.78. The van der Waals surface area contributed by atoms with Crippen LogP contribution in [0.1, 0.15) is 46.5 Å². The molecule has 1 aliphatic heterocycles. The van der Waals surface area contributed by atoms with Gasteiger partial charge in [-0.2, -0.15) is 0 Å². The monoisotopic (exact) mass is 282 g/mol. The molecule has 0 N–H and O–H groups in total. The summed E-state index contributed by atoms with van der Waals surface area (Å²) in [5.74, 6) is 0.930. The molecule has 0 aromatic rings. The number of halogens is 1. The van der Waals surface area contributed by atoms with Gasteiger partial charge in [-0.05, 0) is 0 Å². The molecule has 1 saturated heterocycles. The second kappa shape index (κ2) is 5.46. The van der Waals surface area contributed by atoms with Crippen molar-refractivity contribution >= 4 is 19.8 Å². The van der Waals surface area contributed by atoms with Crippen LogP contribution in [0, 0.1) is 5.92 Å². The van der Waals surface area contributed by atoms with Crippen LogP contribution >= 0.6 is 19.8 Å². The van der Waals surface area contributed by atoms with Crippen LogP contribution in [0.2, 0.25) is 0 Å². The van der Waals surface area contributed by atoms with Crippen molar-refractivity contribution in [3.05, 3.63) is 0 Å². The molecule has 0 bridgehead atoms. The van der Waals surface area contributed by atoms with Crippen molar-refractivity contribution in [2.45, 2.75) is 50.4 Å². The first-order chi connectivity index (χ1) is 5.70. The minimum atomic E-state index is -0.447. The summed E-state index contributed by atoms with van der Waals surface area (Å²) in [6.45, 7) is 7.27. The van der Waals surface area contributed by atoms with Crippen LogP contribution in [-0.4, -0.2) is 12.8 Å². The predicted octanol–water partition coefficient (Wildman–Crippen LogP) is 4.11. The Hall–Kier alpha value is 0.730. The van der Waals surface area contributed by atoms with Crippen molar-refractivity contribution in [1.82, 2.24) is 0 Å². The Morgan fingerprint density at radius 2 is 1.58 bits per heavy atom. The molecule has 0 amide bonds. The Bertz CT molecular complexity index is 114. The van der Waals surface area contributed by atoms with Crippen LogP contribution in [0.15, 0.2) is 0 Å². The molecule has 0 spiro atoms. The second-order valence-electron chi connectivity index (χ2n) is 4.35. The Labute approximate surface area is 84.9 Å². The van der Waals surface area contributed by atoms with E-state index < -0.39 is 19.8 Å². The molecule has 0 aliphatic carbocycles. The maximum absolute atomic E-state index is 2.52. The summed E-state index contributed by atoms with van der Waals surface area (Å²) in [7, 11) is 0. The predicted molar refractivity (Wildman–Crippen MR) is 66.5 cm³/mol. The number of hydrogen-bond donors (Lipinski definition) is 0. The van der Waals surface area contributed by atoms with E-state index in [0.717, 1.165) is 9.84 Å². The first-order valence-electron chi connectivity index (χ1n) is 5.30. The van der Waals surface area contributed by atoms with Crippen LogP contribution in [-0.2, 0) is 0 Å². The molecule has 1 heteroatoms. The van der Waals surface area contributed by atoms with Crippen molar-refractivity contribution in [2.75, 3.05) is 8.86 Å². The van der Waals surface area contributed by atoms with E-state index in [2.05, 4.69) is 20.8 Å². The second-order valence-corrected chi connectivity index (χ2v) is 11.5. The zero-order chi connectivity index (χ0) is 8.97. The minimum absolute atomic E-state index is 0.447. The zero-order valence-corrected chi connectivity index (χ0v) is 10.9. The van der Waals surface area contributed by atoms with Crippen molar-refractivity contribution in [3.63, 3.8) is 0 Å². The van der Waals surface area contributed by atoms with Gasteiger partial charge in [0.1, 0.15) is 0 Å². The van der Waals surface area contributed by atoms with E-state index in [4.69, 9.17) is 0 Å². The topological polar surface area (TPSA) is 0 Å². The van der Waals surface area contributed by atoms with E-state index >= 15 is 0 Å². The summed E-state index contributed by atoms with van der Waals surface area (Å²) in [5.41, 5.74) is 0. The van der Waals surface area contributed by atoms with Gasteiger partial charge in [-0.3, -0.25) is 0 Å². The van der Waals surface area contributed by atoms with Crippen LogP contribution in [0.5, 0.6) is 0 Å². The Balaban J connectivity index is 2.24. The molecule has 1 fully saturated rings. The van der Waals surface area contributed by atoms with Crippen molar-refractivity contribution in [3.8, 4) is 0 Å². The van der Waals surface area contributed by atoms with Gasteiger partial charge in [0.2, 0.25) is 0 Å². The number of hydrogen-bond acceptors (Lipinski definition) is 0. The Morgan fingerprint density at radius 3 is 2.08 bits per heavy atom. The summed E-state index contributed by atoms with van der Waals surface area (Å²) in [5, 5.41) is 0. The van der Waals surface area contributed by atoms with Crippen LogP contribution < -0.4 is 0 Å². The Morgan fingerprint density at radius 1 is 1.00 bits per heavy atom. The molecule has 1 rings (SSSR count). The van der Waals surface area contributed by atoms with Gasteiger partial charge in [-0.25, -0.2) is 0 Å². The van der Waals surface area contributed by atoms with E-state index in [0.29, 0.717) is 0 Å². The maximum atomic E-state index is 2.52. The molecular weight excluding hydrogens is 259 g/mol. The van der Waals surface area contributed by atoms with Crippen LogP contribution in [0.3, 0.4) is 0 Å². The van der Waals surface area contributed by atoms with Gasteiger partial charge >= 0.3 is 85.0 Å².